The molecule has 1 rings (SSSR count). The summed E-state index contributed by atoms with van der Waals surface area (Å²) in [4.78, 5) is 0. The summed E-state index contributed by atoms with van der Waals surface area (Å²) in [5, 5.41) is 26.6. The predicted octanol–water partition coefficient (Wildman–Crippen LogP) is -1.71. The highest BCUT2D eigenvalue weighted by Crippen LogP contribution is 2.04. The molecule has 6 N–H and O–H groups in total. The van der Waals surface area contributed by atoms with Crippen LogP contribution in [-0.4, -0.2) is 27.8 Å². The largest absolute Gasteiger partial charge is 0.556 e. The minimum Gasteiger partial charge on any atom is -0.556 e. The fourth-order valence-electron chi connectivity index (χ4n) is 1.07. The summed E-state index contributed by atoms with van der Waals surface area (Å²) in [6.07, 6.45) is 0.352. The summed E-state index contributed by atoms with van der Waals surface area (Å²) in [7, 11) is 0. The van der Waals surface area contributed by atoms with Crippen LogP contribution in [0.1, 0.15) is 5.56 Å². The summed E-state index contributed by atoms with van der Waals surface area (Å²) < 4.78 is 0. The molecule has 0 radical (unpaired) electrons. The molecule has 0 fully saturated rings. The minimum atomic E-state index is -3.31. The van der Waals surface area contributed by atoms with E-state index in [9.17, 15) is 0 Å². The van der Waals surface area contributed by atoms with Gasteiger partial charge in [0.25, 0.3) is 0 Å². The van der Waals surface area contributed by atoms with Crippen LogP contribution in [-0.2, 0) is 6.42 Å². The van der Waals surface area contributed by atoms with Gasteiger partial charge in [0.05, 0.1) is 5.94 Å². The zero-order chi connectivity index (χ0) is 9.90. The van der Waals surface area contributed by atoms with Crippen molar-refractivity contribution in [1.82, 2.24) is 0 Å². The highest BCUT2D eigenvalue weighted by atomic mass is 16.5. The topological polar surface area (TPSA) is 88.3 Å². The van der Waals surface area contributed by atoms with Crippen molar-refractivity contribution >= 4 is 6.75 Å². The van der Waals surface area contributed by atoms with E-state index in [4.69, 9.17) is 15.1 Å². The Balaban J connectivity index is 2.61. The average Bonchev–Trinajstić information content (AvgIpc) is 2.04. The lowest BCUT2D eigenvalue weighted by molar-refractivity contribution is -0.403. The van der Waals surface area contributed by atoms with Gasteiger partial charge in [0, 0.05) is 0 Å². The summed E-state index contributed by atoms with van der Waals surface area (Å²) >= 11 is 0. The Kier molecular flexibility index (Phi) is 3.05. The van der Waals surface area contributed by atoms with Crippen molar-refractivity contribution in [3.8, 4) is 0 Å². The van der Waals surface area contributed by atoms with Crippen LogP contribution in [0.4, 0.5) is 0 Å². The summed E-state index contributed by atoms with van der Waals surface area (Å²) in [6, 6.07) is 9.27. The zero-order valence-electron chi connectivity index (χ0n) is 7.30. The van der Waals surface area contributed by atoms with Gasteiger partial charge in [-0.2, -0.15) is 0 Å². The Morgan fingerprint density at radius 2 is 1.69 bits per heavy atom. The van der Waals surface area contributed by atoms with Crippen LogP contribution in [0.2, 0.25) is 0 Å². The van der Waals surface area contributed by atoms with Crippen LogP contribution in [0.15, 0.2) is 30.3 Å². The molecule has 72 valence electrons. The van der Waals surface area contributed by atoms with E-state index in [1.807, 2.05) is 30.3 Å². The van der Waals surface area contributed by atoms with E-state index < -0.39 is 12.7 Å². The molecule has 0 unspecified atom stereocenters. The highest BCUT2D eigenvalue weighted by Gasteiger charge is 2.29. The van der Waals surface area contributed by atoms with Crippen LogP contribution in [0.3, 0.4) is 0 Å². The number of hydrogen-bond donors (Lipinski definition) is 4. The molecule has 0 saturated heterocycles. The van der Waals surface area contributed by atoms with E-state index in [1.54, 1.807) is 0 Å². The van der Waals surface area contributed by atoms with Crippen LogP contribution >= 0.6 is 0 Å². The van der Waals surface area contributed by atoms with Gasteiger partial charge >= 0.3 is 6.75 Å². The molecule has 0 aliphatic rings. The normalized spacial score (nSPS) is 14.2. The molecule has 13 heavy (non-hydrogen) atoms. The molecule has 0 aliphatic carbocycles. The molecule has 0 amide bonds. The van der Waals surface area contributed by atoms with Gasteiger partial charge in [-0.3, -0.25) is 0 Å². The second-order valence-electron chi connectivity index (χ2n) is 3.24. The molecule has 0 aromatic heterocycles. The van der Waals surface area contributed by atoms with Gasteiger partial charge in [0.2, 0.25) is 0 Å². The molecular formula is C8H14BNO3. The van der Waals surface area contributed by atoms with E-state index in [0.717, 1.165) is 5.56 Å². The maximum atomic E-state index is 8.86. The Hall–Kier alpha value is -0.875. The van der Waals surface area contributed by atoms with Crippen LogP contribution in [0.25, 0.3) is 0 Å². The van der Waals surface area contributed by atoms with Gasteiger partial charge < -0.3 is 20.8 Å². The zero-order valence-corrected chi connectivity index (χ0v) is 7.30. The second-order valence-corrected chi connectivity index (χ2v) is 3.24. The smallest absolute Gasteiger partial charge is 0.428 e. The van der Waals surface area contributed by atoms with Crippen molar-refractivity contribution in [2.24, 2.45) is 0 Å². The molecule has 0 spiro atoms. The van der Waals surface area contributed by atoms with Crippen LogP contribution < -0.4 is 5.73 Å². The van der Waals surface area contributed by atoms with E-state index >= 15 is 0 Å². The van der Waals surface area contributed by atoms with Crippen molar-refractivity contribution < 1.29 is 20.8 Å². The average molecular weight is 183 g/mol. The van der Waals surface area contributed by atoms with E-state index in [0.29, 0.717) is 6.42 Å². The van der Waals surface area contributed by atoms with Gasteiger partial charge in [-0.25, -0.2) is 0 Å². The van der Waals surface area contributed by atoms with Crippen LogP contribution in [0.5, 0.6) is 0 Å². The monoisotopic (exact) mass is 183 g/mol. The van der Waals surface area contributed by atoms with Gasteiger partial charge in [0.15, 0.2) is 0 Å². The molecule has 0 heterocycles. The SMILES string of the molecule is [NH3+][C@@H](Cc1ccccc1)[B-](O)(O)O. The second kappa shape index (κ2) is 3.89. The lowest BCUT2D eigenvalue weighted by atomic mass is 9.68. The lowest BCUT2D eigenvalue weighted by Crippen LogP contribution is -2.75. The Morgan fingerprint density at radius 1 is 1.15 bits per heavy atom. The van der Waals surface area contributed by atoms with Crippen molar-refractivity contribution in [3.05, 3.63) is 35.9 Å². The standard InChI is InChI=1S/C8H13BNO3/c10-8(9(11,12)13)6-7-4-2-1-3-5-7/h1-5,8,11-13H,6,10H2/q-1/p+1/t8-/m0/s1. The first-order valence-corrected chi connectivity index (χ1v) is 4.19. The maximum absolute atomic E-state index is 8.86. The van der Waals surface area contributed by atoms with Gasteiger partial charge in [-0.15, -0.1) is 0 Å². The Labute approximate surface area is 76.6 Å². The van der Waals surface area contributed by atoms with Gasteiger partial charge in [-0.05, 0) is 12.0 Å². The number of benzene rings is 1. The molecule has 1 atom stereocenters. The highest BCUT2D eigenvalue weighted by molar-refractivity contribution is 6.57. The van der Waals surface area contributed by atoms with Crippen molar-refractivity contribution in [3.63, 3.8) is 0 Å². The first-order valence-electron chi connectivity index (χ1n) is 4.19. The van der Waals surface area contributed by atoms with E-state index in [-0.39, 0.29) is 0 Å². The number of rotatable bonds is 3. The Morgan fingerprint density at radius 3 is 2.15 bits per heavy atom. The molecule has 0 bridgehead atoms. The summed E-state index contributed by atoms with van der Waals surface area (Å²) in [5.74, 6) is -0.789. The van der Waals surface area contributed by atoms with Gasteiger partial charge in [-0.1, -0.05) is 30.3 Å². The molecule has 0 aliphatic heterocycles. The number of hydrogen-bond acceptors (Lipinski definition) is 3. The molecule has 4 nitrogen and oxygen atoms in total. The first kappa shape index (κ1) is 10.2. The third-order valence-electron chi connectivity index (χ3n) is 1.97. The fourth-order valence-corrected chi connectivity index (χ4v) is 1.07. The maximum Gasteiger partial charge on any atom is 0.428 e. The van der Waals surface area contributed by atoms with Crippen molar-refractivity contribution in [2.45, 2.75) is 12.4 Å². The third-order valence-corrected chi connectivity index (χ3v) is 1.97. The third kappa shape index (κ3) is 3.16. The van der Waals surface area contributed by atoms with Crippen molar-refractivity contribution in [2.75, 3.05) is 0 Å². The van der Waals surface area contributed by atoms with E-state index in [1.165, 1.54) is 0 Å². The van der Waals surface area contributed by atoms with Crippen LogP contribution in [0, 0.1) is 0 Å². The first-order chi connectivity index (χ1) is 6.00. The van der Waals surface area contributed by atoms with Crippen molar-refractivity contribution in [1.29, 1.82) is 0 Å². The molecule has 5 heteroatoms. The molecular weight excluding hydrogens is 169 g/mol. The van der Waals surface area contributed by atoms with E-state index in [2.05, 4.69) is 5.73 Å². The summed E-state index contributed by atoms with van der Waals surface area (Å²) in [6.45, 7) is -3.31. The fraction of sp³-hybridized carbons (Fsp3) is 0.250. The minimum absolute atomic E-state index is 0.352. The predicted molar refractivity (Wildman–Crippen MR) is 49.2 cm³/mol. The lowest BCUT2D eigenvalue weighted by Gasteiger charge is -2.24. The molecule has 1 aromatic rings. The molecule has 0 saturated carbocycles. The Bertz CT molecular complexity index is 260. The summed E-state index contributed by atoms with van der Waals surface area (Å²) in [5.41, 5.74) is 4.40. The molecule has 1 aromatic carbocycles. The number of quaternary nitrogens is 1. The van der Waals surface area contributed by atoms with Gasteiger partial charge in [0.1, 0.15) is 0 Å². The quantitative estimate of drug-likeness (QED) is 0.421.